The number of nitrogens with zero attached hydrogens (tertiary/aromatic N) is 1. The molecule has 3 rings (SSSR count). The molecule has 0 spiro atoms. The van der Waals surface area contributed by atoms with Crippen LogP contribution in [0.3, 0.4) is 0 Å². The Morgan fingerprint density at radius 2 is 1.83 bits per heavy atom. The van der Waals surface area contributed by atoms with Gasteiger partial charge in [-0.25, -0.2) is 8.42 Å². The topological polar surface area (TPSA) is 91.9 Å². The van der Waals surface area contributed by atoms with Crippen LogP contribution in [0, 0.1) is 0 Å². The maximum absolute atomic E-state index is 12.6. The number of sulfonamides is 1. The summed E-state index contributed by atoms with van der Waals surface area (Å²) in [6.07, 6.45) is 2.72. The van der Waals surface area contributed by atoms with Gasteiger partial charge < -0.3 is 9.62 Å². The quantitative estimate of drug-likeness (QED) is 0.421. The van der Waals surface area contributed by atoms with Crippen LogP contribution in [-0.4, -0.2) is 19.8 Å². The van der Waals surface area contributed by atoms with Crippen LogP contribution in [0.1, 0.15) is 5.56 Å². The molecule has 2 N–H and O–H groups in total. The van der Waals surface area contributed by atoms with Crippen LogP contribution in [0.5, 0.6) is 0 Å². The molecule has 0 aliphatic heterocycles. The first-order chi connectivity index (χ1) is 11.6. The second kappa shape index (κ2) is 6.59. The fourth-order valence-corrected chi connectivity index (χ4v) is 3.33. The molecule has 0 atom stereocenters. The van der Waals surface area contributed by atoms with Crippen molar-refractivity contribution in [1.29, 1.82) is 0 Å². The number of oxime groups is 1. The molecule has 0 aliphatic carbocycles. The SMILES string of the molecule is O=S(=O)(Nc1cc(/C=N/O)ccc1-c1ccco1)c1ccccc1. The third-order valence-corrected chi connectivity index (χ3v) is 4.72. The number of rotatable bonds is 5. The van der Waals surface area contributed by atoms with Gasteiger partial charge >= 0.3 is 0 Å². The van der Waals surface area contributed by atoms with E-state index in [0.29, 0.717) is 22.6 Å². The highest BCUT2D eigenvalue weighted by Gasteiger charge is 2.17. The summed E-state index contributed by atoms with van der Waals surface area (Å²) in [7, 11) is -3.76. The van der Waals surface area contributed by atoms with Crippen LogP contribution in [0.4, 0.5) is 5.69 Å². The zero-order valence-corrected chi connectivity index (χ0v) is 13.3. The van der Waals surface area contributed by atoms with Gasteiger partial charge in [0.15, 0.2) is 0 Å². The van der Waals surface area contributed by atoms with Gasteiger partial charge in [0.1, 0.15) is 5.76 Å². The molecule has 0 amide bonds. The first-order valence-electron chi connectivity index (χ1n) is 7.03. The Balaban J connectivity index is 2.07. The molecule has 122 valence electrons. The van der Waals surface area contributed by atoms with Crippen LogP contribution in [0.25, 0.3) is 11.3 Å². The van der Waals surface area contributed by atoms with E-state index in [2.05, 4.69) is 9.88 Å². The molecule has 0 saturated carbocycles. The van der Waals surface area contributed by atoms with Crippen molar-refractivity contribution in [2.75, 3.05) is 4.72 Å². The van der Waals surface area contributed by atoms with Crippen LogP contribution in [-0.2, 0) is 10.0 Å². The maximum atomic E-state index is 12.6. The van der Waals surface area contributed by atoms with Crippen LogP contribution in [0.2, 0.25) is 0 Å². The van der Waals surface area contributed by atoms with Gasteiger partial charge in [0.2, 0.25) is 0 Å². The third kappa shape index (κ3) is 3.31. The van der Waals surface area contributed by atoms with Crippen molar-refractivity contribution in [3.63, 3.8) is 0 Å². The molecule has 24 heavy (non-hydrogen) atoms. The Bertz CT molecular complexity index is 950. The van der Waals surface area contributed by atoms with Gasteiger partial charge in [-0.3, -0.25) is 4.72 Å². The molecule has 1 heterocycles. The van der Waals surface area contributed by atoms with Gasteiger partial charge in [-0.2, -0.15) is 0 Å². The third-order valence-electron chi connectivity index (χ3n) is 3.33. The molecule has 0 unspecified atom stereocenters. The lowest BCUT2D eigenvalue weighted by Gasteiger charge is -2.12. The summed E-state index contributed by atoms with van der Waals surface area (Å²) < 4.78 is 33.1. The van der Waals surface area contributed by atoms with E-state index in [1.165, 1.54) is 24.6 Å². The predicted octanol–water partition coefficient (Wildman–Crippen LogP) is 3.56. The Labute approximate surface area is 139 Å². The largest absolute Gasteiger partial charge is 0.464 e. The first kappa shape index (κ1) is 15.8. The highest BCUT2D eigenvalue weighted by molar-refractivity contribution is 7.92. The molecule has 6 nitrogen and oxygen atoms in total. The maximum Gasteiger partial charge on any atom is 0.261 e. The number of nitrogens with one attached hydrogen (secondary N) is 1. The number of furan rings is 1. The minimum absolute atomic E-state index is 0.150. The lowest BCUT2D eigenvalue weighted by atomic mass is 10.1. The zero-order chi connectivity index (χ0) is 17.0. The summed E-state index contributed by atoms with van der Waals surface area (Å²) in [6, 6.07) is 16.5. The summed E-state index contributed by atoms with van der Waals surface area (Å²) in [5.41, 5.74) is 1.44. The van der Waals surface area contributed by atoms with E-state index in [0.717, 1.165) is 0 Å². The van der Waals surface area contributed by atoms with Crippen LogP contribution >= 0.6 is 0 Å². The number of hydrogen-bond acceptors (Lipinski definition) is 5. The molecule has 7 heteroatoms. The van der Waals surface area contributed by atoms with Gasteiger partial charge in [-0.05, 0) is 42.0 Å². The van der Waals surface area contributed by atoms with E-state index in [9.17, 15) is 8.42 Å². The minimum Gasteiger partial charge on any atom is -0.464 e. The minimum atomic E-state index is -3.76. The van der Waals surface area contributed by atoms with Gasteiger partial charge in [0.05, 0.1) is 23.1 Å². The zero-order valence-electron chi connectivity index (χ0n) is 12.5. The number of hydrogen-bond donors (Lipinski definition) is 2. The monoisotopic (exact) mass is 342 g/mol. The van der Waals surface area contributed by atoms with Crippen molar-refractivity contribution in [1.82, 2.24) is 0 Å². The molecule has 2 aromatic carbocycles. The van der Waals surface area contributed by atoms with E-state index in [-0.39, 0.29) is 4.90 Å². The lowest BCUT2D eigenvalue weighted by Crippen LogP contribution is -2.13. The lowest BCUT2D eigenvalue weighted by molar-refractivity contribution is 0.322. The fraction of sp³-hybridized carbons (Fsp3) is 0. The molecule has 0 fully saturated rings. The number of benzene rings is 2. The molecular formula is C17H14N2O4S. The van der Waals surface area contributed by atoms with Crippen molar-refractivity contribution in [3.8, 4) is 11.3 Å². The van der Waals surface area contributed by atoms with Crippen molar-refractivity contribution < 1.29 is 18.0 Å². The van der Waals surface area contributed by atoms with E-state index in [1.54, 1.807) is 48.5 Å². The normalized spacial score (nSPS) is 11.7. The van der Waals surface area contributed by atoms with Crippen molar-refractivity contribution >= 4 is 21.9 Å². The Morgan fingerprint density at radius 3 is 2.50 bits per heavy atom. The highest BCUT2D eigenvalue weighted by atomic mass is 32.2. The second-order valence-electron chi connectivity index (χ2n) is 4.95. The summed E-state index contributed by atoms with van der Waals surface area (Å²) in [4.78, 5) is 0.150. The Hall–Kier alpha value is -3.06. The molecule has 1 aromatic heterocycles. The predicted molar refractivity (Wildman–Crippen MR) is 90.8 cm³/mol. The van der Waals surface area contributed by atoms with Gasteiger partial charge in [0, 0.05) is 5.56 Å². The van der Waals surface area contributed by atoms with E-state index in [1.807, 2.05) is 0 Å². The van der Waals surface area contributed by atoms with Crippen molar-refractivity contribution in [2.24, 2.45) is 5.16 Å². The molecule has 3 aromatic rings. The van der Waals surface area contributed by atoms with Gasteiger partial charge in [0.25, 0.3) is 10.0 Å². The standard InChI is InChI=1S/C17H14N2O4S/c20-18-12-13-8-9-15(17-7-4-10-23-17)16(11-13)19-24(21,22)14-5-2-1-3-6-14/h1-12,19-20H/b18-12+. The Kier molecular flexibility index (Phi) is 4.35. The first-order valence-corrected chi connectivity index (χ1v) is 8.52. The van der Waals surface area contributed by atoms with Crippen molar-refractivity contribution in [3.05, 3.63) is 72.5 Å². The summed E-state index contributed by atoms with van der Waals surface area (Å²) in [6.45, 7) is 0. The summed E-state index contributed by atoms with van der Waals surface area (Å²) in [5.74, 6) is 0.522. The van der Waals surface area contributed by atoms with Gasteiger partial charge in [-0.1, -0.05) is 29.4 Å². The Morgan fingerprint density at radius 1 is 1.04 bits per heavy atom. The smallest absolute Gasteiger partial charge is 0.261 e. The van der Waals surface area contributed by atoms with Crippen LogP contribution in [0.15, 0.2) is 81.4 Å². The van der Waals surface area contributed by atoms with E-state index >= 15 is 0 Å². The summed E-state index contributed by atoms with van der Waals surface area (Å²) in [5, 5.41) is 11.7. The molecule has 0 bridgehead atoms. The van der Waals surface area contributed by atoms with Crippen LogP contribution < -0.4 is 4.72 Å². The average molecular weight is 342 g/mol. The highest BCUT2D eigenvalue weighted by Crippen LogP contribution is 2.31. The fourth-order valence-electron chi connectivity index (χ4n) is 2.24. The van der Waals surface area contributed by atoms with E-state index < -0.39 is 10.0 Å². The average Bonchev–Trinajstić information content (AvgIpc) is 3.10. The molecule has 0 saturated heterocycles. The van der Waals surface area contributed by atoms with Crippen molar-refractivity contribution in [2.45, 2.75) is 4.90 Å². The summed E-state index contributed by atoms with van der Waals surface area (Å²) >= 11 is 0. The van der Waals surface area contributed by atoms with Gasteiger partial charge in [-0.15, -0.1) is 0 Å². The molecular weight excluding hydrogens is 328 g/mol. The second-order valence-corrected chi connectivity index (χ2v) is 6.63. The molecule has 0 aliphatic rings. The van der Waals surface area contributed by atoms with E-state index in [4.69, 9.17) is 9.62 Å². The molecule has 0 radical (unpaired) electrons. The number of anilines is 1.